The van der Waals surface area contributed by atoms with E-state index in [1.807, 2.05) is 11.0 Å². The fraction of sp³-hybridized carbons (Fsp3) is 0.368. The van der Waals surface area contributed by atoms with Crippen molar-refractivity contribution in [3.63, 3.8) is 0 Å². The molecule has 0 aliphatic carbocycles. The number of amides is 1. The molecular weight excluding hydrogens is 330 g/mol. The Kier molecular flexibility index (Phi) is 4.77. The number of carbonyl (C=O) groups excluding carboxylic acids is 1. The van der Waals surface area contributed by atoms with E-state index in [0.29, 0.717) is 17.5 Å². The van der Waals surface area contributed by atoms with Gasteiger partial charge in [0.1, 0.15) is 6.54 Å². The topological polar surface area (TPSA) is 77.0 Å². The molecule has 3 aromatic rings. The van der Waals surface area contributed by atoms with Crippen LogP contribution in [0.25, 0.3) is 11.6 Å². The van der Waals surface area contributed by atoms with Crippen molar-refractivity contribution in [2.45, 2.75) is 25.8 Å². The monoisotopic (exact) mass is 351 g/mol. The van der Waals surface area contributed by atoms with Gasteiger partial charge in [-0.25, -0.2) is 0 Å². The van der Waals surface area contributed by atoms with Crippen LogP contribution in [0.5, 0.6) is 0 Å². The maximum absolute atomic E-state index is 12.5. The molecule has 1 amide bonds. The maximum atomic E-state index is 12.5. The number of nitrogens with zero attached hydrogens (tertiary/aromatic N) is 5. The Balaban J connectivity index is 1.28. The smallest absolute Gasteiger partial charge is 0.246 e. The minimum atomic E-state index is 0.0338. The molecule has 7 heteroatoms. The number of aromatic nitrogens is 4. The Hall–Kier alpha value is -2.96. The van der Waals surface area contributed by atoms with Gasteiger partial charge in [-0.2, -0.15) is 4.80 Å². The van der Waals surface area contributed by atoms with Crippen molar-refractivity contribution >= 4 is 5.91 Å². The molecule has 1 aromatic carbocycles. The predicted molar refractivity (Wildman–Crippen MR) is 95.0 cm³/mol. The fourth-order valence-corrected chi connectivity index (χ4v) is 3.37. The molecule has 1 aliphatic heterocycles. The molecule has 0 saturated carbocycles. The highest BCUT2D eigenvalue weighted by atomic mass is 16.3. The number of tetrazole rings is 1. The Bertz CT molecular complexity index is 836. The normalized spacial score (nSPS) is 15.3. The summed E-state index contributed by atoms with van der Waals surface area (Å²) in [4.78, 5) is 15.7. The number of carbonyl (C=O) groups is 1. The first-order chi connectivity index (χ1) is 12.8. The van der Waals surface area contributed by atoms with Gasteiger partial charge >= 0.3 is 0 Å². The molecule has 2 aromatic heterocycles. The molecule has 4 rings (SSSR count). The molecule has 134 valence electrons. The van der Waals surface area contributed by atoms with Gasteiger partial charge in [0.25, 0.3) is 0 Å². The standard InChI is InChI=1S/C19H21N5O2/c25-18(14-24-21-19(20-22-24)17-7-4-12-26-17)23-10-8-16(9-11-23)13-15-5-2-1-3-6-15/h1-7,12,16H,8-11,13-14H2. The van der Waals surface area contributed by atoms with Crippen LogP contribution in [0.1, 0.15) is 18.4 Å². The lowest BCUT2D eigenvalue weighted by atomic mass is 9.90. The van der Waals surface area contributed by atoms with E-state index in [0.717, 1.165) is 32.4 Å². The second-order valence-electron chi connectivity index (χ2n) is 6.63. The third kappa shape index (κ3) is 3.82. The van der Waals surface area contributed by atoms with Gasteiger partial charge < -0.3 is 9.32 Å². The van der Waals surface area contributed by atoms with E-state index in [9.17, 15) is 4.79 Å². The van der Waals surface area contributed by atoms with Crippen LogP contribution in [0.3, 0.4) is 0 Å². The molecular formula is C19H21N5O2. The van der Waals surface area contributed by atoms with Gasteiger partial charge in [0.15, 0.2) is 5.76 Å². The molecule has 0 N–H and O–H groups in total. The number of furan rings is 1. The first-order valence-electron chi connectivity index (χ1n) is 8.91. The van der Waals surface area contributed by atoms with Crippen molar-refractivity contribution in [2.24, 2.45) is 5.92 Å². The summed E-state index contributed by atoms with van der Waals surface area (Å²) < 4.78 is 5.24. The summed E-state index contributed by atoms with van der Waals surface area (Å²) in [5.41, 5.74) is 1.37. The number of benzene rings is 1. The van der Waals surface area contributed by atoms with Crippen molar-refractivity contribution in [1.82, 2.24) is 25.1 Å². The summed E-state index contributed by atoms with van der Waals surface area (Å²) in [6, 6.07) is 14.1. The van der Waals surface area contributed by atoms with E-state index >= 15 is 0 Å². The van der Waals surface area contributed by atoms with Gasteiger partial charge in [0, 0.05) is 13.1 Å². The van der Waals surface area contributed by atoms with Crippen LogP contribution in [0.2, 0.25) is 0 Å². The molecule has 0 atom stereocenters. The molecule has 26 heavy (non-hydrogen) atoms. The van der Waals surface area contributed by atoms with Crippen molar-refractivity contribution in [3.8, 4) is 11.6 Å². The van der Waals surface area contributed by atoms with E-state index < -0.39 is 0 Å². The lowest BCUT2D eigenvalue weighted by Crippen LogP contribution is -2.40. The highest BCUT2D eigenvalue weighted by Crippen LogP contribution is 2.22. The molecule has 0 unspecified atom stereocenters. The maximum Gasteiger partial charge on any atom is 0.246 e. The fourth-order valence-electron chi connectivity index (χ4n) is 3.37. The SMILES string of the molecule is O=C(Cn1nnc(-c2ccco2)n1)N1CCC(Cc2ccccc2)CC1. The number of likely N-dealkylation sites (tertiary alicyclic amines) is 1. The summed E-state index contributed by atoms with van der Waals surface area (Å²) in [6.07, 6.45) is 4.70. The Labute approximate surface area is 151 Å². The van der Waals surface area contributed by atoms with Gasteiger partial charge in [-0.15, -0.1) is 10.2 Å². The third-order valence-corrected chi connectivity index (χ3v) is 4.81. The summed E-state index contributed by atoms with van der Waals surface area (Å²) in [5.74, 6) is 1.61. The van der Waals surface area contributed by atoms with Crippen molar-refractivity contribution < 1.29 is 9.21 Å². The summed E-state index contributed by atoms with van der Waals surface area (Å²) in [6.45, 7) is 1.68. The molecule has 1 fully saturated rings. The zero-order valence-electron chi connectivity index (χ0n) is 14.5. The minimum absolute atomic E-state index is 0.0338. The summed E-state index contributed by atoms with van der Waals surface area (Å²) >= 11 is 0. The molecule has 0 bridgehead atoms. The van der Waals surface area contributed by atoms with E-state index in [2.05, 4.69) is 39.7 Å². The second-order valence-corrected chi connectivity index (χ2v) is 6.63. The largest absolute Gasteiger partial charge is 0.461 e. The average molecular weight is 351 g/mol. The van der Waals surface area contributed by atoms with Crippen molar-refractivity contribution in [1.29, 1.82) is 0 Å². The molecule has 1 saturated heterocycles. The lowest BCUT2D eigenvalue weighted by molar-refractivity contribution is -0.133. The van der Waals surface area contributed by atoms with Gasteiger partial charge in [-0.05, 0) is 48.1 Å². The molecule has 3 heterocycles. The van der Waals surface area contributed by atoms with Crippen LogP contribution in [0, 0.1) is 5.92 Å². The first kappa shape index (κ1) is 16.5. The van der Waals surface area contributed by atoms with E-state index in [1.165, 1.54) is 10.4 Å². The van der Waals surface area contributed by atoms with Crippen LogP contribution >= 0.6 is 0 Å². The van der Waals surface area contributed by atoms with E-state index in [-0.39, 0.29) is 12.5 Å². The van der Waals surface area contributed by atoms with Crippen molar-refractivity contribution in [3.05, 3.63) is 54.3 Å². The van der Waals surface area contributed by atoms with E-state index in [4.69, 9.17) is 4.42 Å². The third-order valence-electron chi connectivity index (χ3n) is 4.81. The quantitative estimate of drug-likeness (QED) is 0.705. The number of hydrogen-bond acceptors (Lipinski definition) is 5. The van der Waals surface area contributed by atoms with Gasteiger partial charge in [-0.3, -0.25) is 4.79 Å². The van der Waals surface area contributed by atoms with Gasteiger partial charge in [0.2, 0.25) is 11.7 Å². The van der Waals surface area contributed by atoms with Crippen LogP contribution < -0.4 is 0 Å². The zero-order chi connectivity index (χ0) is 17.8. The van der Waals surface area contributed by atoms with Gasteiger partial charge in [0.05, 0.1) is 6.26 Å². The van der Waals surface area contributed by atoms with Crippen LogP contribution in [-0.2, 0) is 17.8 Å². The van der Waals surface area contributed by atoms with Crippen LogP contribution in [0.15, 0.2) is 53.1 Å². The average Bonchev–Trinajstić information content (AvgIpc) is 3.35. The summed E-state index contributed by atoms with van der Waals surface area (Å²) in [5, 5.41) is 12.1. The molecule has 0 radical (unpaired) electrons. The Morgan fingerprint density at radius 3 is 2.65 bits per heavy atom. The number of hydrogen-bond donors (Lipinski definition) is 0. The lowest BCUT2D eigenvalue weighted by Gasteiger charge is -2.32. The molecule has 1 aliphatic rings. The second kappa shape index (κ2) is 7.51. The highest BCUT2D eigenvalue weighted by molar-refractivity contribution is 5.75. The number of rotatable bonds is 5. The van der Waals surface area contributed by atoms with Gasteiger partial charge in [-0.1, -0.05) is 30.3 Å². The Morgan fingerprint density at radius 1 is 1.12 bits per heavy atom. The summed E-state index contributed by atoms with van der Waals surface area (Å²) in [7, 11) is 0. The minimum Gasteiger partial charge on any atom is -0.461 e. The predicted octanol–water partition coefficient (Wildman–Crippen LogP) is 2.41. The molecule has 7 nitrogen and oxygen atoms in total. The first-order valence-corrected chi connectivity index (χ1v) is 8.91. The number of piperidine rings is 1. The Morgan fingerprint density at radius 2 is 1.92 bits per heavy atom. The van der Waals surface area contributed by atoms with Crippen LogP contribution in [-0.4, -0.2) is 44.1 Å². The van der Waals surface area contributed by atoms with Crippen molar-refractivity contribution in [2.75, 3.05) is 13.1 Å². The molecule has 0 spiro atoms. The van der Waals surface area contributed by atoms with E-state index in [1.54, 1.807) is 18.4 Å². The van der Waals surface area contributed by atoms with Crippen LogP contribution in [0.4, 0.5) is 0 Å². The highest BCUT2D eigenvalue weighted by Gasteiger charge is 2.23. The zero-order valence-corrected chi connectivity index (χ0v) is 14.5.